The van der Waals surface area contributed by atoms with Crippen molar-refractivity contribution in [3.05, 3.63) is 94.6 Å². The maximum Gasteiger partial charge on any atom is 0.128 e. The molecule has 3 aliphatic rings. The van der Waals surface area contributed by atoms with Crippen molar-refractivity contribution in [2.75, 3.05) is 0 Å². The maximum absolute atomic E-state index is 6.89. The Morgan fingerprint density at radius 2 is 1.47 bits per heavy atom. The summed E-state index contributed by atoms with van der Waals surface area (Å²) in [6.45, 7) is 17.9. The molecule has 0 amide bonds. The maximum atomic E-state index is 6.89. The van der Waals surface area contributed by atoms with Gasteiger partial charge in [0.1, 0.15) is 22.7 Å². The number of rotatable bonds is 2. The van der Waals surface area contributed by atoms with Crippen LogP contribution in [0.4, 0.5) is 0 Å². The lowest BCUT2D eigenvalue weighted by Gasteiger charge is -2.48. The average Bonchev–Trinajstić information content (AvgIpc) is 3.54. The molecule has 4 nitrogen and oxygen atoms in total. The molecule has 4 heterocycles. The van der Waals surface area contributed by atoms with Crippen molar-refractivity contribution in [1.82, 2.24) is 9.97 Å². The number of allylic oxidation sites excluding steroid dienone is 1. The van der Waals surface area contributed by atoms with E-state index in [1.807, 2.05) is 0 Å². The summed E-state index contributed by atoms with van der Waals surface area (Å²) in [5.74, 6) is 3.15. The Hall–Kier alpha value is -4.18. The van der Waals surface area contributed by atoms with Gasteiger partial charge in [-0.1, -0.05) is 48.6 Å². The van der Waals surface area contributed by atoms with Gasteiger partial charge in [0.15, 0.2) is 0 Å². The number of hydrogen-bond acceptors (Lipinski definition) is 2. The van der Waals surface area contributed by atoms with Crippen molar-refractivity contribution >= 4 is 43.6 Å². The predicted octanol–water partition coefficient (Wildman–Crippen LogP) is 10.9. The van der Waals surface area contributed by atoms with E-state index in [0.717, 1.165) is 37.2 Å². The first-order valence-corrected chi connectivity index (χ1v) is 16.7. The zero-order valence-corrected chi connectivity index (χ0v) is 27.3. The number of aromatic amines is 2. The molecular weight excluding hydrogens is 552 g/mol. The minimum Gasteiger partial charge on any atom is -0.487 e. The van der Waals surface area contributed by atoms with Crippen LogP contribution in [0, 0.1) is 19.8 Å². The van der Waals surface area contributed by atoms with E-state index in [9.17, 15) is 0 Å². The third kappa shape index (κ3) is 3.78. The molecule has 0 saturated heterocycles. The Balaban J connectivity index is 1.33. The molecule has 1 saturated carbocycles. The fourth-order valence-electron chi connectivity index (χ4n) is 9.39. The Bertz CT molecular complexity index is 2250. The highest BCUT2D eigenvalue weighted by molar-refractivity contribution is 6.12. The number of aromatic nitrogens is 2. The van der Waals surface area contributed by atoms with Crippen molar-refractivity contribution in [2.45, 2.75) is 90.3 Å². The van der Waals surface area contributed by atoms with E-state index < -0.39 is 0 Å². The number of aryl methyl sites for hydroxylation is 2. The highest BCUT2D eigenvalue weighted by Crippen LogP contribution is 2.57. The van der Waals surface area contributed by atoms with Crippen LogP contribution < -0.4 is 9.47 Å². The van der Waals surface area contributed by atoms with Crippen molar-refractivity contribution in [1.29, 1.82) is 0 Å². The molecule has 6 aromatic rings. The summed E-state index contributed by atoms with van der Waals surface area (Å²) in [4.78, 5) is 7.87. The molecule has 9 rings (SSSR count). The SMILES string of the molecule is C=C(C)[C@H]1CC[C@@]2(C)C[C@@H]1c1c(c(C)cc3c1[nH]c1c([C@H]4CC(C)(C)Oc5c(C)cc6c([nH]c7ccccc76)c54)cccc13)O2. The van der Waals surface area contributed by atoms with E-state index in [1.54, 1.807) is 0 Å². The molecular formula is C41H42N2O2. The van der Waals surface area contributed by atoms with Gasteiger partial charge in [-0.15, -0.1) is 0 Å². The zero-order chi connectivity index (χ0) is 31.0. The third-order valence-corrected chi connectivity index (χ3v) is 11.4. The van der Waals surface area contributed by atoms with Crippen LogP contribution in [-0.2, 0) is 0 Å². The molecule has 1 aliphatic carbocycles. The quantitative estimate of drug-likeness (QED) is 0.196. The topological polar surface area (TPSA) is 50.0 Å². The second-order valence-electron chi connectivity index (χ2n) is 15.3. The number of H-pyrrole nitrogens is 2. The summed E-state index contributed by atoms with van der Waals surface area (Å²) >= 11 is 0. The molecule has 228 valence electrons. The fraction of sp³-hybridized carbons (Fsp3) is 0.366. The number of ether oxygens (including phenoxy) is 2. The lowest BCUT2D eigenvalue weighted by molar-refractivity contribution is 0.00731. The van der Waals surface area contributed by atoms with E-state index >= 15 is 0 Å². The molecule has 4 heteroatoms. The van der Waals surface area contributed by atoms with Crippen molar-refractivity contribution in [3.8, 4) is 11.5 Å². The number of fused-ring (bicyclic) bond motifs is 13. The van der Waals surface area contributed by atoms with Gasteiger partial charge in [-0.2, -0.15) is 0 Å². The van der Waals surface area contributed by atoms with Crippen LogP contribution in [0.1, 0.15) is 93.0 Å². The number of para-hydroxylation sites is 2. The van der Waals surface area contributed by atoms with E-state index in [-0.39, 0.29) is 17.1 Å². The second-order valence-corrected chi connectivity index (χ2v) is 15.3. The van der Waals surface area contributed by atoms with E-state index in [1.165, 1.54) is 77.0 Å². The van der Waals surface area contributed by atoms with Crippen LogP contribution in [0.5, 0.6) is 11.5 Å². The average molecular weight is 595 g/mol. The molecule has 45 heavy (non-hydrogen) atoms. The van der Waals surface area contributed by atoms with E-state index in [0.29, 0.717) is 11.8 Å². The molecule has 1 fully saturated rings. The second kappa shape index (κ2) is 8.96. The van der Waals surface area contributed by atoms with Crippen molar-refractivity contribution < 1.29 is 9.47 Å². The Labute approximate surface area is 264 Å². The molecule has 2 N–H and O–H groups in total. The summed E-state index contributed by atoms with van der Waals surface area (Å²) in [5, 5.41) is 5.12. The van der Waals surface area contributed by atoms with Crippen molar-refractivity contribution in [3.63, 3.8) is 0 Å². The summed E-state index contributed by atoms with van der Waals surface area (Å²) in [7, 11) is 0. The van der Waals surface area contributed by atoms with Crippen LogP contribution in [0.25, 0.3) is 43.6 Å². The minimum atomic E-state index is -0.304. The zero-order valence-electron chi connectivity index (χ0n) is 27.3. The predicted molar refractivity (Wildman–Crippen MR) is 186 cm³/mol. The molecule has 2 aromatic heterocycles. The van der Waals surface area contributed by atoms with Crippen LogP contribution in [0.15, 0.2) is 66.7 Å². The van der Waals surface area contributed by atoms with Gasteiger partial charge < -0.3 is 19.4 Å². The van der Waals surface area contributed by atoms with Crippen LogP contribution >= 0.6 is 0 Å². The largest absolute Gasteiger partial charge is 0.487 e. The van der Waals surface area contributed by atoms with Gasteiger partial charge in [-0.3, -0.25) is 0 Å². The summed E-state index contributed by atoms with van der Waals surface area (Å²) in [6, 6.07) is 20.2. The first-order chi connectivity index (χ1) is 21.5. The molecule has 0 unspecified atom stereocenters. The monoisotopic (exact) mass is 594 g/mol. The lowest BCUT2D eigenvalue weighted by Crippen LogP contribution is -2.44. The summed E-state index contributed by atoms with van der Waals surface area (Å²) < 4.78 is 13.7. The lowest BCUT2D eigenvalue weighted by atomic mass is 9.65. The number of benzene rings is 4. The smallest absolute Gasteiger partial charge is 0.128 e. The number of hydrogen-bond donors (Lipinski definition) is 2. The van der Waals surface area contributed by atoms with Gasteiger partial charge in [0.25, 0.3) is 0 Å². The molecule has 0 radical (unpaired) electrons. The molecule has 2 aliphatic heterocycles. The van der Waals surface area contributed by atoms with Gasteiger partial charge >= 0.3 is 0 Å². The minimum absolute atomic E-state index is 0.112. The van der Waals surface area contributed by atoms with Crippen LogP contribution in [-0.4, -0.2) is 21.2 Å². The van der Waals surface area contributed by atoms with Crippen LogP contribution in [0.3, 0.4) is 0 Å². The Morgan fingerprint density at radius 1 is 0.778 bits per heavy atom. The van der Waals surface area contributed by atoms with E-state index in [2.05, 4.69) is 113 Å². The van der Waals surface area contributed by atoms with Gasteiger partial charge in [-0.05, 0) is 114 Å². The van der Waals surface area contributed by atoms with Crippen LogP contribution in [0.2, 0.25) is 0 Å². The van der Waals surface area contributed by atoms with Gasteiger partial charge in [-0.25, -0.2) is 0 Å². The van der Waals surface area contributed by atoms with E-state index in [4.69, 9.17) is 9.47 Å². The highest BCUT2D eigenvalue weighted by atomic mass is 16.5. The molecule has 4 aromatic carbocycles. The number of nitrogens with one attached hydrogen (secondary N) is 2. The summed E-state index contributed by atoms with van der Waals surface area (Å²) in [6.07, 6.45) is 4.14. The van der Waals surface area contributed by atoms with Gasteiger partial charge in [0.2, 0.25) is 0 Å². The first-order valence-electron chi connectivity index (χ1n) is 16.7. The van der Waals surface area contributed by atoms with Crippen molar-refractivity contribution in [2.24, 2.45) is 5.92 Å². The third-order valence-electron chi connectivity index (χ3n) is 11.4. The first kappa shape index (κ1) is 27.2. The fourth-order valence-corrected chi connectivity index (χ4v) is 9.39. The van der Waals surface area contributed by atoms with Gasteiger partial charge in [0, 0.05) is 44.1 Å². The molecule has 0 spiro atoms. The summed E-state index contributed by atoms with van der Waals surface area (Å²) in [5.41, 5.74) is 12.1. The Morgan fingerprint density at radius 3 is 2.24 bits per heavy atom. The van der Waals surface area contributed by atoms with Gasteiger partial charge in [0.05, 0.1) is 16.6 Å². The normalized spacial score (nSPS) is 25.2. The molecule has 2 bridgehead atoms. The Kier molecular flexibility index (Phi) is 5.41. The molecule has 4 atom stereocenters. The highest BCUT2D eigenvalue weighted by Gasteiger charge is 2.47. The standard InChI is InChI=1S/C41H42N2O2/c1-21(2)24-15-16-41(7)20-31(24)34-37-29(18-23(4)39(34)45-41)26-12-10-13-27(35(26)43-37)30-19-40(5,6)44-38-22(3)17-28-25-11-8-9-14-32(25)42-36(28)33(30)38/h8-14,17-18,24,30-31,42-43H,1,15-16,19-20H2,2-7H3/t24-,30-,31+,41+/m1/s1.